The Morgan fingerprint density at radius 1 is 1.00 bits per heavy atom. The van der Waals surface area contributed by atoms with Crippen LogP contribution in [-0.2, 0) is 20.8 Å². The van der Waals surface area contributed by atoms with Gasteiger partial charge in [-0.05, 0) is 35.4 Å². The summed E-state index contributed by atoms with van der Waals surface area (Å²) in [5.41, 5.74) is -0.961. The molecular weight excluding hydrogens is 522 g/mol. The van der Waals surface area contributed by atoms with Gasteiger partial charge in [-0.2, -0.15) is 0 Å². The van der Waals surface area contributed by atoms with E-state index in [1.54, 1.807) is 54.6 Å². The highest BCUT2D eigenvalue weighted by Crippen LogP contribution is 2.51. The van der Waals surface area contributed by atoms with E-state index in [-0.39, 0.29) is 6.42 Å². The van der Waals surface area contributed by atoms with Crippen molar-refractivity contribution in [1.82, 2.24) is 5.32 Å². The van der Waals surface area contributed by atoms with Crippen LogP contribution in [0.15, 0.2) is 77.3 Å². The van der Waals surface area contributed by atoms with Crippen LogP contribution in [-0.4, -0.2) is 28.4 Å². The third-order valence-corrected chi connectivity index (χ3v) is 7.27. The lowest BCUT2D eigenvalue weighted by atomic mass is 9.76. The monoisotopic (exact) mass is 540 g/mol. The summed E-state index contributed by atoms with van der Waals surface area (Å²) in [6, 6.07) is 17.5. The molecule has 2 heterocycles. The van der Waals surface area contributed by atoms with Crippen LogP contribution >= 0.6 is 15.9 Å². The number of carbonyl (C=O) groups excluding carboxylic acids is 2. The van der Waals surface area contributed by atoms with E-state index in [9.17, 15) is 28.3 Å². The summed E-state index contributed by atoms with van der Waals surface area (Å²) in [5, 5.41) is 13.6. The van der Waals surface area contributed by atoms with Crippen molar-refractivity contribution in [3.05, 3.63) is 100 Å². The Morgan fingerprint density at radius 2 is 1.69 bits per heavy atom. The predicted octanol–water partition coefficient (Wildman–Crippen LogP) is 4.24. The summed E-state index contributed by atoms with van der Waals surface area (Å²) >= 11 is 3.36. The van der Waals surface area contributed by atoms with Gasteiger partial charge in [0.05, 0.1) is 17.5 Å². The van der Waals surface area contributed by atoms with Crippen LogP contribution in [0.4, 0.5) is 14.5 Å². The van der Waals surface area contributed by atoms with E-state index in [0.29, 0.717) is 22.1 Å². The molecule has 0 saturated carbocycles. The molecule has 2 aliphatic heterocycles. The number of rotatable bonds is 5. The molecule has 2 fully saturated rings. The Balaban J connectivity index is 1.67. The second-order valence-corrected chi connectivity index (χ2v) is 9.64. The molecule has 0 spiro atoms. The number of amides is 2. The average Bonchev–Trinajstić information content (AvgIpc) is 3.30. The number of hydrogen-bond acceptors (Lipinski definition) is 4. The summed E-state index contributed by atoms with van der Waals surface area (Å²) in [5.74, 6) is -7.22. The van der Waals surface area contributed by atoms with Crippen molar-refractivity contribution in [3.63, 3.8) is 0 Å². The molecule has 2 amide bonds. The molecule has 5 rings (SSSR count). The van der Waals surface area contributed by atoms with Gasteiger partial charge in [-0.25, -0.2) is 13.7 Å². The molecule has 4 unspecified atom stereocenters. The molecule has 2 saturated heterocycles. The molecule has 0 aliphatic carbocycles. The minimum absolute atomic E-state index is 0.0733. The molecule has 4 atom stereocenters. The standard InChI is InChI=1S/C26H19BrF2N2O4/c27-16-8-6-15(7-9-16)22-20-21(26(30-22,25(34)35)13-14-4-2-1-3-5-14)24(33)31(23(20)32)19-11-10-17(28)12-18(19)29/h1-12,20-22,30H,13H2,(H,34,35). The number of hydrogen-bond donors (Lipinski definition) is 2. The van der Waals surface area contributed by atoms with Crippen molar-refractivity contribution in [2.45, 2.75) is 18.0 Å². The molecule has 0 radical (unpaired) electrons. The largest absolute Gasteiger partial charge is 0.480 e. The number of nitrogens with zero attached hydrogens (tertiary/aromatic N) is 1. The molecule has 35 heavy (non-hydrogen) atoms. The fraction of sp³-hybridized carbons (Fsp3) is 0.192. The second-order valence-electron chi connectivity index (χ2n) is 8.72. The van der Waals surface area contributed by atoms with Crippen molar-refractivity contribution in [2.75, 3.05) is 4.90 Å². The van der Waals surface area contributed by atoms with Crippen LogP contribution in [0, 0.1) is 23.5 Å². The molecule has 3 aromatic carbocycles. The Hall–Kier alpha value is -3.43. The van der Waals surface area contributed by atoms with Crippen molar-refractivity contribution >= 4 is 39.4 Å². The van der Waals surface area contributed by atoms with Gasteiger partial charge in [0.1, 0.15) is 17.2 Å². The second kappa shape index (κ2) is 8.66. The first-order valence-electron chi connectivity index (χ1n) is 10.9. The Kier molecular flexibility index (Phi) is 5.77. The zero-order chi connectivity index (χ0) is 24.9. The maximum absolute atomic E-state index is 14.7. The van der Waals surface area contributed by atoms with Crippen molar-refractivity contribution < 1.29 is 28.3 Å². The van der Waals surface area contributed by atoms with Crippen LogP contribution in [0.5, 0.6) is 0 Å². The zero-order valence-electron chi connectivity index (χ0n) is 18.1. The highest BCUT2D eigenvalue weighted by Gasteiger charge is 2.68. The maximum Gasteiger partial charge on any atom is 0.325 e. The third-order valence-electron chi connectivity index (χ3n) is 6.74. The predicted molar refractivity (Wildman–Crippen MR) is 126 cm³/mol. The number of carbonyl (C=O) groups is 3. The van der Waals surface area contributed by atoms with E-state index in [2.05, 4.69) is 21.2 Å². The minimum Gasteiger partial charge on any atom is -0.480 e. The highest BCUT2D eigenvalue weighted by molar-refractivity contribution is 9.10. The van der Waals surface area contributed by atoms with Gasteiger partial charge in [0, 0.05) is 23.0 Å². The third kappa shape index (κ3) is 3.75. The fourth-order valence-corrected chi connectivity index (χ4v) is 5.48. The number of halogens is 3. The summed E-state index contributed by atoms with van der Waals surface area (Å²) in [7, 11) is 0. The summed E-state index contributed by atoms with van der Waals surface area (Å²) in [4.78, 5) is 40.9. The molecule has 2 aliphatic rings. The minimum atomic E-state index is -1.83. The Bertz CT molecular complexity index is 1330. The number of benzene rings is 3. The smallest absolute Gasteiger partial charge is 0.325 e. The number of fused-ring (bicyclic) bond motifs is 1. The van der Waals surface area contributed by atoms with Gasteiger partial charge in [0.15, 0.2) is 0 Å². The topological polar surface area (TPSA) is 86.7 Å². The lowest BCUT2D eigenvalue weighted by Crippen LogP contribution is -2.57. The molecule has 0 aromatic heterocycles. The lowest BCUT2D eigenvalue weighted by Gasteiger charge is -2.31. The average molecular weight is 541 g/mol. The van der Waals surface area contributed by atoms with E-state index < -0.39 is 58.5 Å². The van der Waals surface area contributed by atoms with Crippen molar-refractivity contribution in [1.29, 1.82) is 0 Å². The van der Waals surface area contributed by atoms with Crippen LogP contribution in [0.3, 0.4) is 0 Å². The summed E-state index contributed by atoms with van der Waals surface area (Å²) in [6.07, 6.45) is -0.0733. The molecule has 6 nitrogen and oxygen atoms in total. The van der Waals surface area contributed by atoms with Crippen LogP contribution in [0.2, 0.25) is 0 Å². The number of carboxylic acids is 1. The van der Waals surface area contributed by atoms with Gasteiger partial charge in [-0.15, -0.1) is 0 Å². The normalized spacial score (nSPS) is 25.7. The Labute approximate surface area is 207 Å². The van der Waals surface area contributed by atoms with Gasteiger partial charge >= 0.3 is 5.97 Å². The number of nitrogens with one attached hydrogen (secondary N) is 1. The van der Waals surface area contributed by atoms with E-state index in [1.807, 2.05) is 0 Å². The number of imide groups is 1. The summed E-state index contributed by atoms with van der Waals surface area (Å²) < 4.78 is 29.0. The van der Waals surface area contributed by atoms with Gasteiger partial charge in [-0.1, -0.05) is 58.4 Å². The Morgan fingerprint density at radius 3 is 2.31 bits per heavy atom. The first kappa shape index (κ1) is 23.3. The van der Waals surface area contributed by atoms with Crippen LogP contribution in [0.1, 0.15) is 17.2 Å². The summed E-state index contributed by atoms with van der Waals surface area (Å²) in [6.45, 7) is 0. The first-order valence-corrected chi connectivity index (χ1v) is 11.7. The number of anilines is 1. The van der Waals surface area contributed by atoms with Gasteiger partial charge in [0.25, 0.3) is 0 Å². The van der Waals surface area contributed by atoms with E-state index in [4.69, 9.17) is 0 Å². The molecule has 3 aromatic rings. The molecule has 9 heteroatoms. The molecule has 0 bridgehead atoms. The molecule has 178 valence electrons. The quantitative estimate of drug-likeness (QED) is 0.472. The van der Waals surface area contributed by atoms with E-state index in [1.165, 1.54) is 0 Å². The lowest BCUT2D eigenvalue weighted by molar-refractivity contribution is -0.148. The SMILES string of the molecule is O=C1C2C(c3ccc(Br)cc3)NC(Cc3ccccc3)(C(=O)O)C2C(=O)N1c1ccc(F)cc1F. The maximum atomic E-state index is 14.7. The van der Waals surface area contributed by atoms with Crippen LogP contribution in [0.25, 0.3) is 0 Å². The first-order chi connectivity index (χ1) is 16.7. The van der Waals surface area contributed by atoms with E-state index in [0.717, 1.165) is 16.6 Å². The van der Waals surface area contributed by atoms with Gasteiger partial charge in [-0.3, -0.25) is 19.7 Å². The molecular formula is C26H19BrF2N2O4. The van der Waals surface area contributed by atoms with Gasteiger partial charge < -0.3 is 5.11 Å². The highest BCUT2D eigenvalue weighted by atomic mass is 79.9. The number of carboxylic acid groups (broad SMARTS) is 1. The molecule has 2 N–H and O–H groups in total. The fourth-order valence-electron chi connectivity index (χ4n) is 5.21. The van der Waals surface area contributed by atoms with Crippen molar-refractivity contribution in [3.8, 4) is 0 Å². The number of aliphatic carboxylic acids is 1. The van der Waals surface area contributed by atoms with Gasteiger partial charge in [0.2, 0.25) is 11.8 Å². The zero-order valence-corrected chi connectivity index (χ0v) is 19.7. The van der Waals surface area contributed by atoms with Crippen LogP contribution < -0.4 is 10.2 Å². The van der Waals surface area contributed by atoms with E-state index >= 15 is 0 Å². The van der Waals surface area contributed by atoms with Crippen molar-refractivity contribution in [2.24, 2.45) is 11.8 Å².